The van der Waals surface area contributed by atoms with Crippen LogP contribution in [0.1, 0.15) is 30.3 Å². The molecule has 5 nitrogen and oxygen atoms in total. The molecule has 1 aromatic carbocycles. The monoisotopic (exact) mass is 310 g/mol. The molecule has 2 aromatic rings. The smallest absolute Gasteiger partial charge is 0.175 e. The van der Waals surface area contributed by atoms with Crippen LogP contribution in [0.4, 0.5) is 10.2 Å². The van der Waals surface area contributed by atoms with Gasteiger partial charge in [0.05, 0.1) is 11.3 Å². The SMILES string of the molecule is Nc1noc(C2CCCCS2(=O)=O)c1-c1ccc(F)cc1. The van der Waals surface area contributed by atoms with Crippen LogP contribution < -0.4 is 5.73 Å². The first-order chi connectivity index (χ1) is 9.99. The second-order valence-electron chi connectivity index (χ2n) is 5.17. The summed E-state index contributed by atoms with van der Waals surface area (Å²) >= 11 is 0. The van der Waals surface area contributed by atoms with E-state index < -0.39 is 15.1 Å². The van der Waals surface area contributed by atoms with E-state index in [1.807, 2.05) is 0 Å². The predicted molar refractivity (Wildman–Crippen MR) is 76.7 cm³/mol. The number of benzene rings is 1. The van der Waals surface area contributed by atoms with Crippen molar-refractivity contribution >= 4 is 15.7 Å². The van der Waals surface area contributed by atoms with Gasteiger partial charge in [0.1, 0.15) is 11.1 Å². The number of aromatic nitrogens is 1. The van der Waals surface area contributed by atoms with Crippen molar-refractivity contribution in [2.75, 3.05) is 11.5 Å². The zero-order chi connectivity index (χ0) is 15.0. The highest BCUT2D eigenvalue weighted by Crippen LogP contribution is 2.41. The molecule has 0 radical (unpaired) electrons. The molecule has 1 saturated heterocycles. The minimum Gasteiger partial charge on any atom is -0.380 e. The second kappa shape index (κ2) is 5.14. The summed E-state index contributed by atoms with van der Waals surface area (Å²) in [5, 5.41) is 2.97. The van der Waals surface area contributed by atoms with Gasteiger partial charge in [0.2, 0.25) is 0 Å². The predicted octanol–water partition coefficient (Wildman–Crippen LogP) is 2.70. The van der Waals surface area contributed by atoms with Crippen LogP contribution in [-0.2, 0) is 9.84 Å². The molecule has 2 heterocycles. The topological polar surface area (TPSA) is 86.2 Å². The lowest BCUT2D eigenvalue weighted by atomic mass is 10.0. The Bertz CT molecular complexity index is 753. The van der Waals surface area contributed by atoms with Gasteiger partial charge in [-0.1, -0.05) is 23.7 Å². The van der Waals surface area contributed by atoms with Crippen molar-refractivity contribution in [3.8, 4) is 11.1 Å². The average Bonchev–Trinajstić information content (AvgIpc) is 2.81. The minimum atomic E-state index is -3.27. The van der Waals surface area contributed by atoms with Crippen LogP contribution in [0.3, 0.4) is 0 Å². The number of nitrogens with two attached hydrogens (primary N) is 1. The van der Waals surface area contributed by atoms with Gasteiger partial charge in [-0.15, -0.1) is 0 Å². The third-order valence-electron chi connectivity index (χ3n) is 3.75. The summed E-state index contributed by atoms with van der Waals surface area (Å²) in [5.41, 5.74) is 6.87. The number of halogens is 1. The number of rotatable bonds is 2. The third kappa shape index (κ3) is 2.53. The van der Waals surface area contributed by atoms with Gasteiger partial charge in [-0.2, -0.15) is 0 Å². The molecular formula is C14H15FN2O3S. The minimum absolute atomic E-state index is 0.123. The van der Waals surface area contributed by atoms with E-state index in [-0.39, 0.29) is 23.1 Å². The summed E-state index contributed by atoms with van der Waals surface area (Å²) in [5.74, 6) is 0.151. The van der Waals surface area contributed by atoms with E-state index in [0.717, 1.165) is 6.42 Å². The van der Waals surface area contributed by atoms with E-state index in [1.54, 1.807) is 0 Å². The number of nitrogens with zero attached hydrogens (tertiary/aromatic N) is 1. The molecule has 1 aromatic heterocycles. The van der Waals surface area contributed by atoms with Crippen LogP contribution in [0.2, 0.25) is 0 Å². The molecular weight excluding hydrogens is 295 g/mol. The zero-order valence-corrected chi connectivity index (χ0v) is 12.1. The van der Waals surface area contributed by atoms with Crippen LogP contribution in [0.5, 0.6) is 0 Å². The first kappa shape index (κ1) is 14.1. The van der Waals surface area contributed by atoms with E-state index in [0.29, 0.717) is 24.0 Å². The summed E-state index contributed by atoms with van der Waals surface area (Å²) in [6.45, 7) is 0. The van der Waals surface area contributed by atoms with Gasteiger partial charge in [-0.25, -0.2) is 12.8 Å². The van der Waals surface area contributed by atoms with Gasteiger partial charge in [0, 0.05) is 0 Å². The lowest BCUT2D eigenvalue weighted by molar-refractivity contribution is 0.372. The Kier molecular flexibility index (Phi) is 3.44. The molecule has 21 heavy (non-hydrogen) atoms. The molecule has 1 aliphatic heterocycles. The zero-order valence-electron chi connectivity index (χ0n) is 11.3. The maximum atomic E-state index is 13.0. The maximum absolute atomic E-state index is 13.0. The van der Waals surface area contributed by atoms with E-state index in [9.17, 15) is 12.8 Å². The fourth-order valence-electron chi connectivity index (χ4n) is 2.69. The molecule has 7 heteroatoms. The highest BCUT2D eigenvalue weighted by atomic mass is 32.2. The average molecular weight is 310 g/mol. The van der Waals surface area contributed by atoms with Gasteiger partial charge in [-0.05, 0) is 30.5 Å². The fourth-order valence-corrected chi connectivity index (χ4v) is 4.60. The fraction of sp³-hybridized carbons (Fsp3) is 0.357. The van der Waals surface area contributed by atoms with Crippen molar-refractivity contribution in [3.05, 3.63) is 35.8 Å². The van der Waals surface area contributed by atoms with Crippen molar-refractivity contribution in [2.24, 2.45) is 0 Å². The molecule has 0 saturated carbocycles. The number of nitrogen functional groups attached to an aromatic ring is 1. The summed E-state index contributed by atoms with van der Waals surface area (Å²) in [6, 6.07) is 5.66. The number of anilines is 1. The van der Waals surface area contributed by atoms with Crippen molar-refractivity contribution in [2.45, 2.75) is 24.5 Å². The normalized spacial score (nSPS) is 21.3. The van der Waals surface area contributed by atoms with Crippen molar-refractivity contribution in [3.63, 3.8) is 0 Å². The van der Waals surface area contributed by atoms with Crippen LogP contribution in [0.25, 0.3) is 11.1 Å². The Hall–Kier alpha value is -1.89. The summed E-state index contributed by atoms with van der Waals surface area (Å²) < 4.78 is 42.7. The van der Waals surface area contributed by atoms with Crippen molar-refractivity contribution in [1.82, 2.24) is 5.16 Å². The maximum Gasteiger partial charge on any atom is 0.175 e. The molecule has 1 aliphatic rings. The van der Waals surface area contributed by atoms with E-state index >= 15 is 0 Å². The van der Waals surface area contributed by atoms with E-state index in [4.69, 9.17) is 10.3 Å². The summed E-state index contributed by atoms with van der Waals surface area (Å²) in [7, 11) is -3.27. The summed E-state index contributed by atoms with van der Waals surface area (Å²) in [6.07, 6.45) is 1.97. The van der Waals surface area contributed by atoms with E-state index in [1.165, 1.54) is 24.3 Å². The molecule has 0 aliphatic carbocycles. The van der Waals surface area contributed by atoms with Gasteiger partial charge in [0.25, 0.3) is 0 Å². The van der Waals surface area contributed by atoms with Crippen LogP contribution >= 0.6 is 0 Å². The molecule has 0 spiro atoms. The molecule has 0 amide bonds. The largest absolute Gasteiger partial charge is 0.380 e. The van der Waals surface area contributed by atoms with Gasteiger partial charge < -0.3 is 10.3 Å². The first-order valence-electron chi connectivity index (χ1n) is 6.71. The van der Waals surface area contributed by atoms with Crippen molar-refractivity contribution in [1.29, 1.82) is 0 Å². The van der Waals surface area contributed by atoms with Gasteiger partial charge in [-0.3, -0.25) is 0 Å². The number of hydrogen-bond donors (Lipinski definition) is 1. The highest BCUT2D eigenvalue weighted by Gasteiger charge is 2.36. The van der Waals surface area contributed by atoms with Gasteiger partial charge >= 0.3 is 0 Å². The Morgan fingerprint density at radius 2 is 1.95 bits per heavy atom. The molecule has 1 unspecified atom stereocenters. The lowest BCUT2D eigenvalue weighted by Crippen LogP contribution is -2.21. The van der Waals surface area contributed by atoms with Crippen LogP contribution in [0, 0.1) is 5.82 Å². The highest BCUT2D eigenvalue weighted by molar-refractivity contribution is 7.91. The number of hydrogen-bond acceptors (Lipinski definition) is 5. The van der Waals surface area contributed by atoms with Crippen LogP contribution in [-0.4, -0.2) is 19.3 Å². The van der Waals surface area contributed by atoms with Crippen molar-refractivity contribution < 1.29 is 17.3 Å². The molecule has 112 valence electrons. The Balaban J connectivity index is 2.11. The lowest BCUT2D eigenvalue weighted by Gasteiger charge is -2.20. The summed E-state index contributed by atoms with van der Waals surface area (Å²) in [4.78, 5) is 0. The second-order valence-corrected chi connectivity index (χ2v) is 7.47. The number of sulfone groups is 1. The Morgan fingerprint density at radius 3 is 2.62 bits per heavy atom. The van der Waals surface area contributed by atoms with Gasteiger partial charge in [0.15, 0.2) is 21.4 Å². The first-order valence-corrected chi connectivity index (χ1v) is 8.43. The molecule has 0 bridgehead atoms. The molecule has 2 N–H and O–H groups in total. The Labute approximate surface area is 121 Å². The van der Waals surface area contributed by atoms with Crippen LogP contribution in [0.15, 0.2) is 28.8 Å². The molecule has 1 fully saturated rings. The molecule has 1 atom stereocenters. The third-order valence-corrected chi connectivity index (χ3v) is 5.92. The standard InChI is InChI=1S/C14H15FN2O3S/c15-10-6-4-9(5-7-10)12-13(20-17-14(12)16)11-3-1-2-8-21(11,18)19/h4-7,11H,1-3,8H2,(H2,16,17). The molecule has 3 rings (SSSR count). The van der Waals surface area contributed by atoms with E-state index in [2.05, 4.69) is 5.16 Å². The quantitative estimate of drug-likeness (QED) is 0.921. The Morgan fingerprint density at radius 1 is 1.24 bits per heavy atom.